The number of nitrogens with one attached hydrogen (secondary N) is 1. The van der Waals surface area contributed by atoms with Crippen LogP contribution in [0.1, 0.15) is 21.6 Å². The number of carbonyl (C=O) groups is 1. The molecule has 0 spiro atoms. The number of hydrogen-bond donors (Lipinski definition) is 1. The number of aromatic nitrogens is 1. The Morgan fingerprint density at radius 2 is 2.07 bits per heavy atom. The van der Waals surface area contributed by atoms with E-state index in [1.54, 1.807) is 7.11 Å². The minimum absolute atomic E-state index is 0.711. The number of carbonyl (C=O) groups excluding carboxylic acids is 1. The summed E-state index contributed by atoms with van der Waals surface area (Å²) in [5.74, 6) is 0.810. The van der Waals surface area contributed by atoms with Crippen molar-refractivity contribution in [2.45, 2.75) is 13.8 Å². The maximum absolute atomic E-state index is 10.9. The van der Waals surface area contributed by atoms with Crippen LogP contribution in [0.2, 0.25) is 0 Å². The van der Waals surface area contributed by atoms with Crippen LogP contribution in [0.15, 0.2) is 12.1 Å². The number of ether oxygens (including phenoxy) is 1. The molecule has 1 heterocycles. The molecule has 15 heavy (non-hydrogen) atoms. The third-order valence-electron chi connectivity index (χ3n) is 2.67. The second-order valence-electron chi connectivity index (χ2n) is 3.65. The largest absolute Gasteiger partial charge is 0.496 e. The van der Waals surface area contributed by atoms with E-state index >= 15 is 0 Å². The van der Waals surface area contributed by atoms with E-state index in [1.807, 2.05) is 26.0 Å². The Morgan fingerprint density at radius 1 is 1.33 bits per heavy atom. The number of fused-ring (bicyclic) bond motifs is 1. The van der Waals surface area contributed by atoms with Crippen LogP contribution in [0.3, 0.4) is 0 Å². The average molecular weight is 203 g/mol. The maximum atomic E-state index is 10.9. The molecule has 0 aliphatic heterocycles. The molecule has 0 bridgehead atoms. The van der Waals surface area contributed by atoms with E-state index in [-0.39, 0.29) is 0 Å². The lowest BCUT2D eigenvalue weighted by atomic mass is 10.1. The zero-order chi connectivity index (χ0) is 11.0. The molecule has 3 nitrogen and oxygen atoms in total. The van der Waals surface area contributed by atoms with Crippen LogP contribution in [0, 0.1) is 13.8 Å². The second kappa shape index (κ2) is 3.42. The maximum Gasteiger partial charge on any atom is 0.152 e. The molecule has 0 saturated carbocycles. The molecule has 0 saturated heterocycles. The first-order chi connectivity index (χ1) is 7.17. The van der Waals surface area contributed by atoms with Gasteiger partial charge in [-0.15, -0.1) is 0 Å². The Hall–Kier alpha value is -1.77. The van der Waals surface area contributed by atoms with Crippen molar-refractivity contribution >= 4 is 17.2 Å². The molecule has 2 rings (SSSR count). The van der Waals surface area contributed by atoms with Gasteiger partial charge in [-0.25, -0.2) is 0 Å². The summed E-state index contributed by atoms with van der Waals surface area (Å²) in [4.78, 5) is 14.1. The number of aromatic amines is 1. The van der Waals surface area contributed by atoms with E-state index in [0.717, 1.165) is 34.2 Å². The Kier molecular flexibility index (Phi) is 2.23. The molecule has 1 aromatic carbocycles. The first-order valence-electron chi connectivity index (χ1n) is 4.79. The van der Waals surface area contributed by atoms with Gasteiger partial charge >= 0.3 is 0 Å². The predicted molar refractivity (Wildman–Crippen MR) is 59.7 cm³/mol. The lowest BCUT2D eigenvalue weighted by Gasteiger charge is -2.04. The number of benzene rings is 1. The predicted octanol–water partition coefficient (Wildman–Crippen LogP) is 2.61. The van der Waals surface area contributed by atoms with Crippen LogP contribution in [0.25, 0.3) is 10.9 Å². The Balaban J connectivity index is 2.82. The summed E-state index contributed by atoms with van der Waals surface area (Å²) in [5, 5.41) is 0.921. The highest BCUT2D eigenvalue weighted by atomic mass is 16.5. The topological polar surface area (TPSA) is 42.1 Å². The Labute approximate surface area is 88.1 Å². The van der Waals surface area contributed by atoms with Crippen LogP contribution in [0.4, 0.5) is 0 Å². The monoisotopic (exact) mass is 203 g/mol. The number of methoxy groups -OCH3 is 1. The van der Waals surface area contributed by atoms with E-state index in [0.29, 0.717) is 5.56 Å². The molecule has 1 N–H and O–H groups in total. The zero-order valence-electron chi connectivity index (χ0n) is 9.05. The highest BCUT2D eigenvalue weighted by Gasteiger charge is 2.10. The third-order valence-corrected chi connectivity index (χ3v) is 2.67. The molecule has 0 unspecified atom stereocenters. The van der Waals surface area contributed by atoms with Gasteiger partial charge in [-0.3, -0.25) is 4.79 Å². The van der Waals surface area contributed by atoms with Crippen LogP contribution in [-0.2, 0) is 0 Å². The number of aldehydes is 1. The first kappa shape index (κ1) is 9.77. The SMILES string of the molecule is COc1cc2c(C=O)c(C)[nH]c2cc1C. The minimum atomic E-state index is 0.711. The second-order valence-corrected chi connectivity index (χ2v) is 3.65. The fourth-order valence-corrected chi connectivity index (χ4v) is 1.86. The van der Waals surface area contributed by atoms with Crippen molar-refractivity contribution in [2.24, 2.45) is 0 Å². The van der Waals surface area contributed by atoms with Gasteiger partial charge in [0.2, 0.25) is 0 Å². The standard InChI is InChI=1S/C12H13NO2/c1-7-4-11-9(5-12(7)15-3)10(6-14)8(2)13-11/h4-6,13H,1-3H3. The van der Waals surface area contributed by atoms with Gasteiger partial charge in [-0.05, 0) is 31.5 Å². The summed E-state index contributed by atoms with van der Waals surface area (Å²) < 4.78 is 5.23. The van der Waals surface area contributed by atoms with Crippen molar-refractivity contribution in [3.05, 3.63) is 29.0 Å². The fourth-order valence-electron chi connectivity index (χ4n) is 1.86. The van der Waals surface area contributed by atoms with Gasteiger partial charge in [0.05, 0.1) is 7.11 Å². The molecular formula is C12H13NO2. The molecule has 0 atom stereocenters. The van der Waals surface area contributed by atoms with Crippen molar-refractivity contribution in [1.82, 2.24) is 4.98 Å². The summed E-state index contributed by atoms with van der Waals surface area (Å²) in [6.45, 7) is 3.88. The quantitative estimate of drug-likeness (QED) is 0.762. The Morgan fingerprint density at radius 3 is 2.67 bits per heavy atom. The number of rotatable bonds is 2. The van der Waals surface area contributed by atoms with Gasteiger partial charge in [-0.1, -0.05) is 0 Å². The van der Waals surface area contributed by atoms with Gasteiger partial charge in [0, 0.05) is 22.2 Å². The fraction of sp³-hybridized carbons (Fsp3) is 0.250. The molecule has 2 aromatic rings. The molecule has 0 radical (unpaired) electrons. The van der Waals surface area contributed by atoms with Gasteiger partial charge in [0.25, 0.3) is 0 Å². The van der Waals surface area contributed by atoms with E-state index < -0.39 is 0 Å². The number of aryl methyl sites for hydroxylation is 2. The molecule has 78 valence electrons. The minimum Gasteiger partial charge on any atom is -0.496 e. The van der Waals surface area contributed by atoms with Crippen molar-refractivity contribution < 1.29 is 9.53 Å². The van der Waals surface area contributed by atoms with Crippen molar-refractivity contribution in [3.63, 3.8) is 0 Å². The van der Waals surface area contributed by atoms with Gasteiger partial charge in [0.15, 0.2) is 6.29 Å². The molecule has 3 heteroatoms. The van der Waals surface area contributed by atoms with Crippen molar-refractivity contribution in [3.8, 4) is 5.75 Å². The first-order valence-corrected chi connectivity index (χ1v) is 4.79. The van der Waals surface area contributed by atoms with Gasteiger partial charge in [-0.2, -0.15) is 0 Å². The highest BCUT2D eigenvalue weighted by molar-refractivity contribution is 5.99. The lowest BCUT2D eigenvalue weighted by Crippen LogP contribution is -1.87. The van der Waals surface area contributed by atoms with Gasteiger partial charge < -0.3 is 9.72 Å². The molecular weight excluding hydrogens is 190 g/mol. The summed E-state index contributed by atoms with van der Waals surface area (Å²) in [7, 11) is 1.63. The molecule has 0 aliphatic rings. The molecule has 0 aliphatic carbocycles. The van der Waals surface area contributed by atoms with E-state index in [4.69, 9.17) is 4.74 Å². The number of H-pyrrole nitrogens is 1. The van der Waals surface area contributed by atoms with Crippen LogP contribution in [0.5, 0.6) is 5.75 Å². The van der Waals surface area contributed by atoms with Crippen molar-refractivity contribution in [1.29, 1.82) is 0 Å². The molecule has 0 amide bonds. The van der Waals surface area contributed by atoms with E-state index in [2.05, 4.69) is 4.98 Å². The van der Waals surface area contributed by atoms with Gasteiger partial charge in [0.1, 0.15) is 5.75 Å². The normalized spacial score (nSPS) is 10.6. The van der Waals surface area contributed by atoms with Crippen molar-refractivity contribution in [2.75, 3.05) is 7.11 Å². The smallest absolute Gasteiger partial charge is 0.152 e. The summed E-state index contributed by atoms with van der Waals surface area (Å²) in [6.07, 6.45) is 0.878. The summed E-state index contributed by atoms with van der Waals surface area (Å²) in [6, 6.07) is 3.89. The third kappa shape index (κ3) is 1.40. The summed E-state index contributed by atoms with van der Waals surface area (Å²) >= 11 is 0. The lowest BCUT2D eigenvalue weighted by molar-refractivity contribution is 0.112. The molecule has 1 aromatic heterocycles. The van der Waals surface area contributed by atoms with E-state index in [9.17, 15) is 4.79 Å². The number of hydrogen-bond acceptors (Lipinski definition) is 2. The Bertz CT molecular complexity index is 526. The zero-order valence-corrected chi connectivity index (χ0v) is 9.05. The van der Waals surface area contributed by atoms with E-state index in [1.165, 1.54) is 0 Å². The molecule has 0 fully saturated rings. The van der Waals surface area contributed by atoms with Crippen LogP contribution >= 0.6 is 0 Å². The average Bonchev–Trinajstić information content (AvgIpc) is 2.51. The van der Waals surface area contributed by atoms with Crippen LogP contribution in [-0.4, -0.2) is 18.4 Å². The van der Waals surface area contributed by atoms with Crippen LogP contribution < -0.4 is 4.74 Å². The highest BCUT2D eigenvalue weighted by Crippen LogP contribution is 2.28. The summed E-state index contributed by atoms with van der Waals surface area (Å²) in [5.41, 5.74) is 3.65.